The lowest BCUT2D eigenvalue weighted by molar-refractivity contribution is 0.173. The van der Waals surface area contributed by atoms with Crippen molar-refractivity contribution in [1.82, 2.24) is 14.0 Å². The predicted octanol–water partition coefficient (Wildman–Crippen LogP) is 4.08. The number of halogens is 2. The fraction of sp³-hybridized carbons (Fsp3) is 0.450. The molecular weight excluding hydrogens is 427 g/mol. The highest BCUT2D eigenvalue weighted by molar-refractivity contribution is 7.71. The Morgan fingerprint density at radius 1 is 1.28 bits per heavy atom. The average Bonchev–Trinajstić information content (AvgIpc) is 2.71. The van der Waals surface area contributed by atoms with Gasteiger partial charge in [-0.15, -0.1) is 0 Å². The molecule has 29 heavy (non-hydrogen) atoms. The highest BCUT2D eigenvalue weighted by Gasteiger charge is 2.21. The van der Waals surface area contributed by atoms with E-state index in [9.17, 15) is 5.26 Å². The molecule has 1 saturated heterocycles. The van der Waals surface area contributed by atoms with Crippen molar-refractivity contribution < 1.29 is 0 Å². The van der Waals surface area contributed by atoms with Gasteiger partial charge in [0.15, 0.2) is 4.77 Å². The Kier molecular flexibility index (Phi) is 7.01. The van der Waals surface area contributed by atoms with Crippen molar-refractivity contribution in [3.63, 3.8) is 0 Å². The van der Waals surface area contributed by atoms with Crippen molar-refractivity contribution in [1.29, 1.82) is 10.7 Å². The van der Waals surface area contributed by atoms with E-state index in [1.54, 1.807) is 16.2 Å². The summed E-state index contributed by atoms with van der Waals surface area (Å²) in [4.78, 5) is 2.42. The quantitative estimate of drug-likeness (QED) is 0.673. The molecule has 2 heterocycles. The third-order valence-electron chi connectivity index (χ3n) is 5.38. The largest absolute Gasteiger partial charge is 0.370 e. The number of hydrogen-bond donors (Lipinski definition) is 2. The zero-order valence-corrected chi connectivity index (χ0v) is 18.8. The van der Waals surface area contributed by atoms with Crippen LogP contribution in [0.1, 0.15) is 24.0 Å². The van der Waals surface area contributed by atoms with Crippen LogP contribution in [0, 0.1) is 27.4 Å². The Hall–Kier alpha value is -1.85. The Morgan fingerprint density at radius 3 is 2.72 bits per heavy atom. The van der Waals surface area contributed by atoms with E-state index in [0.29, 0.717) is 32.1 Å². The molecule has 1 fully saturated rings. The lowest BCUT2D eigenvalue weighted by Gasteiger charge is -2.33. The summed E-state index contributed by atoms with van der Waals surface area (Å²) < 4.78 is 3.81. The first-order valence-electron chi connectivity index (χ1n) is 9.46. The van der Waals surface area contributed by atoms with Gasteiger partial charge in [-0.1, -0.05) is 29.3 Å². The second-order valence-corrected chi connectivity index (χ2v) is 8.64. The number of anilines is 1. The second-order valence-electron chi connectivity index (χ2n) is 7.46. The lowest BCUT2D eigenvalue weighted by atomic mass is 9.97. The monoisotopic (exact) mass is 450 g/mol. The molecule has 2 N–H and O–H groups in total. The maximum absolute atomic E-state index is 9.52. The minimum absolute atomic E-state index is 0.128. The van der Waals surface area contributed by atoms with Crippen LogP contribution in [0.5, 0.6) is 0 Å². The van der Waals surface area contributed by atoms with Gasteiger partial charge in [-0.3, -0.25) is 10.3 Å². The van der Waals surface area contributed by atoms with Gasteiger partial charge in [0.05, 0.1) is 10.0 Å². The van der Waals surface area contributed by atoms with E-state index in [4.69, 9.17) is 40.8 Å². The third-order valence-corrected chi connectivity index (χ3v) is 6.67. The van der Waals surface area contributed by atoms with E-state index in [0.717, 1.165) is 44.6 Å². The Labute approximate surface area is 185 Å². The summed E-state index contributed by atoms with van der Waals surface area (Å²) in [7, 11) is 3.53. The number of benzene rings is 1. The molecule has 0 radical (unpaired) electrons. The van der Waals surface area contributed by atoms with Crippen LogP contribution in [0.3, 0.4) is 0 Å². The van der Waals surface area contributed by atoms with Crippen molar-refractivity contribution >= 4 is 41.2 Å². The fourth-order valence-electron chi connectivity index (χ4n) is 3.78. The fourth-order valence-corrected chi connectivity index (χ4v) is 4.28. The lowest BCUT2D eigenvalue weighted by Crippen LogP contribution is -2.38. The van der Waals surface area contributed by atoms with Gasteiger partial charge < -0.3 is 14.5 Å². The number of nitriles is 1. The van der Waals surface area contributed by atoms with Crippen LogP contribution in [0.25, 0.3) is 0 Å². The summed E-state index contributed by atoms with van der Waals surface area (Å²) >= 11 is 17.5. The van der Waals surface area contributed by atoms with Gasteiger partial charge in [0.25, 0.3) is 0 Å². The third kappa shape index (κ3) is 4.84. The molecular formula is C20H24Cl2N6S. The van der Waals surface area contributed by atoms with Gasteiger partial charge in [0.2, 0.25) is 0 Å². The van der Waals surface area contributed by atoms with Crippen molar-refractivity contribution in [2.75, 3.05) is 25.0 Å². The summed E-state index contributed by atoms with van der Waals surface area (Å²) in [5.41, 5.74) is 1.59. The van der Waals surface area contributed by atoms with Gasteiger partial charge in [0.1, 0.15) is 22.9 Å². The van der Waals surface area contributed by atoms with Gasteiger partial charge in [-0.05, 0) is 55.2 Å². The van der Waals surface area contributed by atoms with Crippen molar-refractivity contribution in [3.05, 3.63) is 49.6 Å². The number of piperidine rings is 1. The molecule has 0 aliphatic carbocycles. The summed E-state index contributed by atoms with van der Waals surface area (Å²) in [6.07, 6.45) is 2.23. The smallest absolute Gasteiger partial charge is 0.182 e. The summed E-state index contributed by atoms with van der Waals surface area (Å²) in [6.45, 7) is 3.55. The Balaban J connectivity index is 1.69. The molecule has 2 aromatic rings. The van der Waals surface area contributed by atoms with Crippen molar-refractivity contribution in [2.24, 2.45) is 20.0 Å². The minimum Gasteiger partial charge on any atom is -0.370 e. The minimum atomic E-state index is 0.128. The summed E-state index contributed by atoms with van der Waals surface area (Å²) in [5, 5.41) is 22.2. The number of nitrogens with zero attached hydrogens (tertiary/aromatic N) is 4. The summed E-state index contributed by atoms with van der Waals surface area (Å²) in [5.74, 6) is 1.05. The van der Waals surface area contributed by atoms with Crippen LogP contribution in [0.15, 0.2) is 18.2 Å². The maximum Gasteiger partial charge on any atom is 0.182 e. The van der Waals surface area contributed by atoms with Crippen LogP contribution >= 0.6 is 35.4 Å². The Bertz CT molecular complexity index is 1070. The molecule has 1 aliphatic rings. The molecule has 1 aromatic carbocycles. The molecule has 6 nitrogen and oxygen atoms in total. The Morgan fingerprint density at radius 2 is 2.03 bits per heavy atom. The first-order valence-corrected chi connectivity index (χ1v) is 10.6. The predicted molar refractivity (Wildman–Crippen MR) is 119 cm³/mol. The molecule has 154 valence electrons. The van der Waals surface area contributed by atoms with Crippen LogP contribution in [-0.4, -0.2) is 33.7 Å². The number of aromatic nitrogens is 2. The van der Waals surface area contributed by atoms with Gasteiger partial charge in [-0.2, -0.15) is 5.26 Å². The van der Waals surface area contributed by atoms with Crippen LogP contribution in [0.4, 0.5) is 5.82 Å². The van der Waals surface area contributed by atoms with Crippen LogP contribution in [-0.2, 0) is 20.6 Å². The molecule has 3 rings (SSSR count). The zero-order valence-electron chi connectivity index (χ0n) is 16.5. The molecule has 1 aromatic heterocycles. The van der Waals surface area contributed by atoms with Crippen molar-refractivity contribution in [2.45, 2.75) is 19.4 Å². The highest BCUT2D eigenvalue weighted by atomic mass is 35.5. The van der Waals surface area contributed by atoms with E-state index < -0.39 is 0 Å². The molecule has 1 atom stereocenters. The molecule has 0 bridgehead atoms. The molecule has 0 amide bonds. The molecule has 9 heteroatoms. The van der Waals surface area contributed by atoms with E-state index in [1.165, 1.54) is 0 Å². The zero-order chi connectivity index (χ0) is 21.1. The summed E-state index contributed by atoms with van der Waals surface area (Å²) in [6, 6.07) is 7.92. The number of hydrogen-bond acceptors (Lipinski definition) is 5. The maximum atomic E-state index is 9.52. The van der Waals surface area contributed by atoms with Gasteiger partial charge >= 0.3 is 0 Å². The normalized spacial score (nSPS) is 17.1. The van der Waals surface area contributed by atoms with E-state index in [1.807, 2.05) is 25.2 Å². The van der Waals surface area contributed by atoms with E-state index >= 15 is 0 Å². The van der Waals surface area contributed by atoms with E-state index in [-0.39, 0.29) is 5.49 Å². The highest BCUT2D eigenvalue weighted by Crippen LogP contribution is 2.25. The van der Waals surface area contributed by atoms with Crippen LogP contribution in [0.2, 0.25) is 10.0 Å². The average molecular weight is 451 g/mol. The standard InChI is InChI=1S/C20H24Cl2N6S/c1-26-18(24)15(9-23)19(27(2)20(26)29)25-10-14-4-3-7-28(12-14)11-13-5-6-16(21)17(22)8-13/h5-6,8,14,24-25H,3-4,7,10-12H2,1-2H3. The van der Waals surface area contributed by atoms with Gasteiger partial charge in [-0.25, -0.2) is 0 Å². The first kappa shape index (κ1) is 21.8. The van der Waals surface area contributed by atoms with Crippen LogP contribution < -0.4 is 10.8 Å². The number of nitrogens with one attached hydrogen (secondary N) is 2. The molecule has 1 aliphatic heterocycles. The second kappa shape index (κ2) is 9.31. The first-order chi connectivity index (χ1) is 13.8. The number of rotatable bonds is 5. The number of likely N-dealkylation sites (tertiary alicyclic amines) is 1. The molecule has 0 spiro atoms. The van der Waals surface area contributed by atoms with Gasteiger partial charge in [0, 0.05) is 33.7 Å². The van der Waals surface area contributed by atoms with E-state index in [2.05, 4.69) is 16.3 Å². The topological polar surface area (TPSA) is 72.8 Å². The van der Waals surface area contributed by atoms with Crippen molar-refractivity contribution in [3.8, 4) is 6.07 Å². The molecule has 1 unspecified atom stereocenters. The SMILES string of the molecule is Cn1c(NCC2CCCN(Cc3ccc(Cl)c(Cl)c3)C2)c(C#N)c(=N)n(C)c1=S. The molecule has 0 saturated carbocycles.